The molecule has 1 unspecified atom stereocenters. The lowest BCUT2D eigenvalue weighted by molar-refractivity contribution is -0.132. The maximum atomic E-state index is 12.7. The van der Waals surface area contributed by atoms with Gasteiger partial charge in [-0.15, -0.1) is 0 Å². The first-order valence-corrected chi connectivity index (χ1v) is 8.56. The number of carbonyl (C=O) groups excluding carboxylic acids is 1. The molecule has 1 aliphatic heterocycles. The third-order valence-corrected chi connectivity index (χ3v) is 4.82. The standard InChI is InChI=1S/C18H22N4O2/c1-21(12-16-19-17(24-20-16)14-7-8-14)15-9-10-22(18(15)23)11-13-5-3-2-4-6-13/h2-6,14-15H,7-12H2,1H3. The molecule has 0 bridgehead atoms. The summed E-state index contributed by atoms with van der Waals surface area (Å²) in [6.45, 7) is 2.02. The molecule has 1 saturated carbocycles. The van der Waals surface area contributed by atoms with Gasteiger partial charge in [0.15, 0.2) is 5.82 Å². The lowest BCUT2D eigenvalue weighted by atomic mass is 10.2. The molecule has 2 aromatic rings. The van der Waals surface area contributed by atoms with Gasteiger partial charge in [0.25, 0.3) is 0 Å². The fourth-order valence-corrected chi connectivity index (χ4v) is 3.25. The van der Waals surface area contributed by atoms with Crippen molar-refractivity contribution in [2.75, 3.05) is 13.6 Å². The number of amides is 1. The van der Waals surface area contributed by atoms with Gasteiger partial charge in [0.2, 0.25) is 11.8 Å². The number of likely N-dealkylation sites (N-methyl/N-ethyl adjacent to an activating group) is 1. The van der Waals surface area contributed by atoms with Crippen LogP contribution in [0.4, 0.5) is 0 Å². The van der Waals surface area contributed by atoms with E-state index in [9.17, 15) is 4.79 Å². The second-order valence-electron chi connectivity index (χ2n) is 6.79. The Bertz CT molecular complexity index is 711. The molecule has 1 saturated heterocycles. The van der Waals surface area contributed by atoms with Crippen LogP contribution in [0.15, 0.2) is 34.9 Å². The second kappa shape index (κ2) is 6.36. The van der Waals surface area contributed by atoms with Gasteiger partial charge in [0.1, 0.15) is 0 Å². The fraction of sp³-hybridized carbons (Fsp3) is 0.500. The molecule has 1 amide bonds. The molecule has 24 heavy (non-hydrogen) atoms. The molecule has 0 spiro atoms. The summed E-state index contributed by atoms with van der Waals surface area (Å²) >= 11 is 0. The van der Waals surface area contributed by atoms with Crippen molar-refractivity contribution >= 4 is 5.91 Å². The zero-order valence-electron chi connectivity index (χ0n) is 13.9. The minimum absolute atomic E-state index is 0.100. The number of nitrogens with zero attached hydrogens (tertiary/aromatic N) is 4. The Morgan fingerprint density at radius 3 is 2.79 bits per heavy atom. The van der Waals surface area contributed by atoms with Crippen LogP contribution in [0.5, 0.6) is 0 Å². The highest BCUT2D eigenvalue weighted by Gasteiger charge is 2.35. The summed E-state index contributed by atoms with van der Waals surface area (Å²) in [5.41, 5.74) is 1.17. The average molecular weight is 326 g/mol. The van der Waals surface area contributed by atoms with E-state index >= 15 is 0 Å². The van der Waals surface area contributed by atoms with Gasteiger partial charge in [-0.3, -0.25) is 9.69 Å². The third kappa shape index (κ3) is 3.19. The van der Waals surface area contributed by atoms with Gasteiger partial charge in [-0.2, -0.15) is 4.98 Å². The summed E-state index contributed by atoms with van der Waals surface area (Å²) in [5.74, 6) is 2.08. The molecular formula is C18H22N4O2. The highest BCUT2D eigenvalue weighted by molar-refractivity contribution is 5.83. The highest BCUT2D eigenvalue weighted by atomic mass is 16.5. The van der Waals surface area contributed by atoms with Gasteiger partial charge in [0, 0.05) is 19.0 Å². The molecule has 2 heterocycles. The maximum absolute atomic E-state index is 12.7. The largest absolute Gasteiger partial charge is 0.339 e. The van der Waals surface area contributed by atoms with E-state index in [4.69, 9.17) is 4.52 Å². The molecular weight excluding hydrogens is 304 g/mol. The van der Waals surface area contributed by atoms with Crippen molar-refractivity contribution in [3.8, 4) is 0 Å². The van der Waals surface area contributed by atoms with E-state index in [-0.39, 0.29) is 11.9 Å². The van der Waals surface area contributed by atoms with Crippen molar-refractivity contribution in [2.45, 2.75) is 44.3 Å². The van der Waals surface area contributed by atoms with Crippen molar-refractivity contribution in [3.05, 3.63) is 47.6 Å². The Balaban J connectivity index is 1.36. The normalized spacial score (nSPS) is 21.0. The Hall–Kier alpha value is -2.21. The van der Waals surface area contributed by atoms with Crippen LogP contribution in [0, 0.1) is 0 Å². The second-order valence-corrected chi connectivity index (χ2v) is 6.79. The van der Waals surface area contributed by atoms with E-state index in [2.05, 4.69) is 22.3 Å². The van der Waals surface area contributed by atoms with E-state index in [0.29, 0.717) is 24.8 Å². The smallest absolute Gasteiger partial charge is 0.240 e. The van der Waals surface area contributed by atoms with E-state index in [1.165, 1.54) is 5.56 Å². The van der Waals surface area contributed by atoms with Crippen LogP contribution in [0.3, 0.4) is 0 Å². The van der Waals surface area contributed by atoms with Crippen molar-refractivity contribution in [1.82, 2.24) is 19.9 Å². The summed E-state index contributed by atoms with van der Waals surface area (Å²) < 4.78 is 5.30. The molecule has 1 aliphatic carbocycles. The molecule has 0 radical (unpaired) electrons. The quantitative estimate of drug-likeness (QED) is 0.814. The summed E-state index contributed by atoms with van der Waals surface area (Å²) in [7, 11) is 1.96. The first kappa shape index (κ1) is 15.3. The van der Waals surface area contributed by atoms with Gasteiger partial charge in [-0.1, -0.05) is 35.5 Å². The van der Waals surface area contributed by atoms with Gasteiger partial charge < -0.3 is 9.42 Å². The van der Waals surface area contributed by atoms with Crippen molar-refractivity contribution in [1.29, 1.82) is 0 Å². The van der Waals surface area contributed by atoms with Gasteiger partial charge in [0.05, 0.1) is 12.6 Å². The van der Waals surface area contributed by atoms with Gasteiger partial charge in [-0.25, -0.2) is 0 Å². The Labute approximate surface area is 141 Å². The van der Waals surface area contributed by atoms with Gasteiger partial charge in [-0.05, 0) is 31.9 Å². The number of carbonyl (C=O) groups is 1. The van der Waals surface area contributed by atoms with Crippen molar-refractivity contribution < 1.29 is 9.32 Å². The molecule has 6 nitrogen and oxygen atoms in total. The van der Waals surface area contributed by atoms with Crippen molar-refractivity contribution in [3.63, 3.8) is 0 Å². The molecule has 0 N–H and O–H groups in total. The third-order valence-electron chi connectivity index (χ3n) is 4.82. The van der Waals surface area contributed by atoms with Crippen LogP contribution in [-0.4, -0.2) is 45.5 Å². The molecule has 1 atom stereocenters. The molecule has 4 rings (SSSR count). The first-order valence-electron chi connectivity index (χ1n) is 8.56. The Kier molecular flexibility index (Phi) is 4.06. The number of benzene rings is 1. The summed E-state index contributed by atoms with van der Waals surface area (Å²) in [6, 6.07) is 10.0. The summed E-state index contributed by atoms with van der Waals surface area (Å²) in [4.78, 5) is 21.1. The Morgan fingerprint density at radius 2 is 2.04 bits per heavy atom. The SMILES string of the molecule is CN(Cc1noc(C2CC2)n1)C1CCN(Cc2ccccc2)C1=O. The molecule has 1 aromatic carbocycles. The number of hydrogen-bond acceptors (Lipinski definition) is 5. The molecule has 6 heteroatoms. The first-order chi connectivity index (χ1) is 11.7. The van der Waals surface area contributed by atoms with E-state index in [1.54, 1.807) is 0 Å². The number of aromatic nitrogens is 2. The monoisotopic (exact) mass is 326 g/mol. The molecule has 1 aromatic heterocycles. The topological polar surface area (TPSA) is 62.5 Å². The summed E-state index contributed by atoms with van der Waals surface area (Å²) in [5, 5.41) is 4.05. The predicted molar refractivity (Wildman–Crippen MR) is 88.0 cm³/mol. The van der Waals surface area contributed by atoms with Crippen LogP contribution in [-0.2, 0) is 17.9 Å². The van der Waals surface area contributed by atoms with Crippen LogP contribution < -0.4 is 0 Å². The molecule has 2 aliphatic rings. The van der Waals surface area contributed by atoms with Crippen LogP contribution >= 0.6 is 0 Å². The molecule has 126 valence electrons. The van der Waals surface area contributed by atoms with Crippen LogP contribution in [0.25, 0.3) is 0 Å². The number of rotatable bonds is 6. The van der Waals surface area contributed by atoms with Crippen LogP contribution in [0.1, 0.15) is 42.5 Å². The van der Waals surface area contributed by atoms with E-state index in [0.717, 1.165) is 31.7 Å². The van der Waals surface area contributed by atoms with Crippen LogP contribution in [0.2, 0.25) is 0 Å². The average Bonchev–Trinajstić information content (AvgIpc) is 3.24. The summed E-state index contributed by atoms with van der Waals surface area (Å²) in [6.07, 6.45) is 3.13. The maximum Gasteiger partial charge on any atom is 0.240 e. The van der Waals surface area contributed by atoms with E-state index in [1.807, 2.05) is 35.0 Å². The minimum atomic E-state index is -0.100. The highest BCUT2D eigenvalue weighted by Crippen LogP contribution is 2.38. The molecule has 2 fully saturated rings. The van der Waals surface area contributed by atoms with E-state index < -0.39 is 0 Å². The van der Waals surface area contributed by atoms with Gasteiger partial charge >= 0.3 is 0 Å². The lowest BCUT2D eigenvalue weighted by Crippen LogP contribution is -2.39. The van der Waals surface area contributed by atoms with Crippen molar-refractivity contribution in [2.24, 2.45) is 0 Å². The zero-order valence-corrected chi connectivity index (χ0v) is 13.9. The number of likely N-dealkylation sites (tertiary alicyclic amines) is 1. The lowest BCUT2D eigenvalue weighted by Gasteiger charge is -2.22. The minimum Gasteiger partial charge on any atom is -0.339 e. The predicted octanol–water partition coefficient (Wildman–Crippen LogP) is 2.18. The Morgan fingerprint density at radius 1 is 1.25 bits per heavy atom. The number of hydrogen-bond donors (Lipinski definition) is 0. The zero-order chi connectivity index (χ0) is 16.5. The fourth-order valence-electron chi connectivity index (χ4n) is 3.25.